The van der Waals surface area contributed by atoms with E-state index in [1.54, 1.807) is 0 Å². The van der Waals surface area contributed by atoms with Gasteiger partial charge in [-0.1, -0.05) is 0 Å². The van der Waals surface area contributed by atoms with Gasteiger partial charge < -0.3 is 9.29 Å². The third-order valence-corrected chi connectivity index (χ3v) is 6.61. The van der Waals surface area contributed by atoms with Crippen LogP contribution >= 0.6 is 0 Å². The first-order chi connectivity index (χ1) is 11.3. The van der Waals surface area contributed by atoms with Gasteiger partial charge in [-0.25, -0.2) is 17.2 Å². The van der Waals surface area contributed by atoms with Gasteiger partial charge in [0, 0.05) is 0 Å². The summed E-state index contributed by atoms with van der Waals surface area (Å²) < 4.78 is 103. The zero-order valence-corrected chi connectivity index (χ0v) is 13.7. The van der Waals surface area contributed by atoms with Crippen LogP contribution in [-0.4, -0.2) is 36.5 Å². The zero-order chi connectivity index (χ0) is 18.8. The van der Waals surface area contributed by atoms with E-state index in [0.717, 1.165) is 19.3 Å². The molecule has 0 amide bonds. The van der Waals surface area contributed by atoms with Gasteiger partial charge in [-0.2, -0.15) is 13.2 Å². The third-order valence-electron chi connectivity index (χ3n) is 5.70. The summed E-state index contributed by atoms with van der Waals surface area (Å²) in [6.07, 6.45) is -1.62. The predicted octanol–water partition coefficient (Wildman–Crippen LogP) is 2.81. The highest BCUT2D eigenvalue weighted by atomic mass is 32.2. The number of rotatable bonds is 5. The summed E-state index contributed by atoms with van der Waals surface area (Å²) in [5.41, 5.74) is -1.37. The van der Waals surface area contributed by atoms with Crippen LogP contribution < -0.4 is 0 Å². The van der Waals surface area contributed by atoms with E-state index in [9.17, 15) is 39.7 Å². The Morgan fingerprint density at radius 3 is 1.76 bits per heavy atom. The van der Waals surface area contributed by atoms with Crippen LogP contribution in [0.2, 0.25) is 0 Å². The SMILES string of the molecule is O=C(OC(F)(C(F)F)C(F)(F)S(=O)(=O)[O-])C12CC3CC(CC(C3)C1)C2. The minimum absolute atomic E-state index is 0.100. The van der Waals surface area contributed by atoms with E-state index in [4.69, 9.17) is 0 Å². The Balaban J connectivity index is 1.90. The molecule has 0 saturated heterocycles. The molecule has 0 aromatic carbocycles. The van der Waals surface area contributed by atoms with Crippen LogP contribution in [0.3, 0.4) is 0 Å². The molecule has 1 atom stereocenters. The molecule has 0 radical (unpaired) electrons. The Morgan fingerprint density at radius 2 is 1.44 bits per heavy atom. The second kappa shape index (κ2) is 5.51. The smallest absolute Gasteiger partial charge is 0.408 e. The number of alkyl halides is 5. The monoisotopic (exact) mass is 391 g/mol. The van der Waals surface area contributed by atoms with Gasteiger partial charge in [-0.15, -0.1) is 0 Å². The van der Waals surface area contributed by atoms with E-state index in [2.05, 4.69) is 4.74 Å². The lowest BCUT2D eigenvalue weighted by molar-refractivity contribution is -0.292. The van der Waals surface area contributed by atoms with E-state index in [1.807, 2.05) is 0 Å². The molecular formula is C14H16F5O5S-. The number of hydrogen-bond acceptors (Lipinski definition) is 5. The van der Waals surface area contributed by atoms with Gasteiger partial charge in [0.2, 0.25) is 0 Å². The van der Waals surface area contributed by atoms with Crippen molar-refractivity contribution >= 4 is 16.1 Å². The van der Waals surface area contributed by atoms with Gasteiger partial charge in [0.15, 0.2) is 10.1 Å². The van der Waals surface area contributed by atoms with Gasteiger partial charge in [0.25, 0.3) is 0 Å². The van der Waals surface area contributed by atoms with E-state index in [-0.39, 0.29) is 37.0 Å². The van der Waals surface area contributed by atoms with Crippen molar-refractivity contribution in [2.75, 3.05) is 0 Å². The summed E-state index contributed by atoms with van der Waals surface area (Å²) in [7, 11) is -6.82. The normalized spacial score (nSPS) is 37.2. The average molecular weight is 391 g/mol. The van der Waals surface area contributed by atoms with Crippen molar-refractivity contribution in [2.24, 2.45) is 23.2 Å². The Bertz CT molecular complexity index is 644. The van der Waals surface area contributed by atoms with Crippen molar-refractivity contribution in [1.29, 1.82) is 0 Å². The second-order valence-electron chi connectivity index (χ2n) is 7.50. The first kappa shape index (κ1) is 18.8. The van der Waals surface area contributed by atoms with Crippen molar-refractivity contribution in [3.8, 4) is 0 Å². The second-order valence-corrected chi connectivity index (χ2v) is 8.92. The van der Waals surface area contributed by atoms with Crippen molar-refractivity contribution in [2.45, 2.75) is 56.1 Å². The fourth-order valence-corrected chi connectivity index (χ4v) is 5.48. The number of halogens is 5. The van der Waals surface area contributed by atoms with Crippen molar-refractivity contribution in [3.05, 3.63) is 0 Å². The molecule has 11 heteroatoms. The summed E-state index contributed by atoms with van der Waals surface area (Å²) in [5, 5.41) is -6.11. The maximum Gasteiger partial charge on any atom is 0.408 e. The Kier molecular flexibility index (Phi) is 4.15. The van der Waals surface area contributed by atoms with E-state index in [0.29, 0.717) is 0 Å². The number of esters is 1. The molecule has 0 aromatic heterocycles. The summed E-state index contributed by atoms with van der Waals surface area (Å²) in [6, 6.07) is 0. The standard InChI is InChI=1S/C14H17F5O5S/c15-10(16)13(17,14(18,19)25(21,22)23)24-11(20)12-4-7-1-8(5-12)3-9(2-7)6-12/h7-10H,1-6H2,(H,21,22,23)/p-1. The topological polar surface area (TPSA) is 83.5 Å². The first-order valence-corrected chi connectivity index (χ1v) is 9.25. The average Bonchev–Trinajstić information content (AvgIpc) is 2.43. The molecule has 4 bridgehead atoms. The maximum atomic E-state index is 14.2. The van der Waals surface area contributed by atoms with E-state index < -0.39 is 39.0 Å². The first-order valence-electron chi connectivity index (χ1n) is 7.84. The number of carbonyl (C=O) groups is 1. The van der Waals surface area contributed by atoms with E-state index in [1.165, 1.54) is 0 Å². The van der Waals surface area contributed by atoms with Crippen molar-refractivity contribution in [3.63, 3.8) is 0 Å². The molecule has 5 nitrogen and oxygen atoms in total. The molecule has 4 saturated carbocycles. The summed E-state index contributed by atoms with van der Waals surface area (Å²) in [5.74, 6) is -6.83. The number of ether oxygens (including phenoxy) is 1. The van der Waals surface area contributed by atoms with Crippen LogP contribution in [0.4, 0.5) is 22.0 Å². The van der Waals surface area contributed by atoms with Gasteiger partial charge in [-0.3, -0.25) is 4.79 Å². The molecule has 4 aliphatic rings. The number of carbonyl (C=O) groups excluding carboxylic acids is 1. The van der Waals surface area contributed by atoms with Gasteiger partial charge in [0.1, 0.15) is 0 Å². The van der Waals surface area contributed by atoms with Crippen LogP contribution in [0.15, 0.2) is 0 Å². The highest BCUT2D eigenvalue weighted by Crippen LogP contribution is 2.61. The molecule has 4 aliphatic carbocycles. The van der Waals surface area contributed by atoms with E-state index >= 15 is 0 Å². The van der Waals surface area contributed by atoms with Gasteiger partial charge >= 0.3 is 23.5 Å². The molecule has 0 N–H and O–H groups in total. The van der Waals surface area contributed by atoms with Crippen LogP contribution in [0.5, 0.6) is 0 Å². The molecule has 25 heavy (non-hydrogen) atoms. The molecule has 0 heterocycles. The Labute approximate surface area is 140 Å². The fraction of sp³-hybridized carbons (Fsp3) is 0.929. The highest BCUT2D eigenvalue weighted by Gasteiger charge is 2.71. The number of hydrogen-bond donors (Lipinski definition) is 0. The fourth-order valence-electron chi connectivity index (χ4n) is 5.01. The van der Waals surface area contributed by atoms with Crippen LogP contribution in [0.25, 0.3) is 0 Å². The largest absolute Gasteiger partial charge is 0.743 e. The predicted molar refractivity (Wildman–Crippen MR) is 71.2 cm³/mol. The quantitative estimate of drug-likeness (QED) is 0.409. The Morgan fingerprint density at radius 1 is 1.04 bits per heavy atom. The third kappa shape index (κ3) is 2.73. The van der Waals surface area contributed by atoms with Crippen LogP contribution in [0, 0.1) is 23.2 Å². The minimum atomic E-state index is -6.82. The lowest BCUT2D eigenvalue weighted by Gasteiger charge is -2.55. The van der Waals surface area contributed by atoms with Crippen LogP contribution in [-0.2, 0) is 19.6 Å². The highest BCUT2D eigenvalue weighted by molar-refractivity contribution is 7.86. The summed E-state index contributed by atoms with van der Waals surface area (Å²) in [6.45, 7) is 0. The molecule has 0 aliphatic heterocycles. The maximum absolute atomic E-state index is 14.2. The molecule has 4 fully saturated rings. The molecule has 1 unspecified atom stereocenters. The van der Waals surface area contributed by atoms with Crippen LogP contribution in [0.1, 0.15) is 38.5 Å². The lowest BCUT2D eigenvalue weighted by atomic mass is 9.49. The van der Waals surface area contributed by atoms with Crippen molar-refractivity contribution < 1.29 is 44.5 Å². The molecular weight excluding hydrogens is 375 g/mol. The van der Waals surface area contributed by atoms with Gasteiger partial charge in [0.05, 0.1) is 5.41 Å². The summed E-state index contributed by atoms with van der Waals surface area (Å²) in [4.78, 5) is 12.4. The minimum Gasteiger partial charge on any atom is -0.743 e. The zero-order valence-electron chi connectivity index (χ0n) is 12.9. The molecule has 0 spiro atoms. The molecule has 144 valence electrons. The Hall–Kier alpha value is -0.970. The van der Waals surface area contributed by atoms with Crippen molar-refractivity contribution in [1.82, 2.24) is 0 Å². The molecule has 0 aromatic rings. The molecule has 4 rings (SSSR count). The lowest BCUT2D eigenvalue weighted by Crippen LogP contribution is -2.60. The summed E-state index contributed by atoms with van der Waals surface area (Å²) >= 11 is 0. The van der Waals surface area contributed by atoms with Gasteiger partial charge in [-0.05, 0) is 56.3 Å².